The molecule has 1 heterocycles. The lowest BCUT2D eigenvalue weighted by Crippen LogP contribution is -2.18. The van der Waals surface area contributed by atoms with Crippen LogP contribution < -0.4 is 5.32 Å². The van der Waals surface area contributed by atoms with Crippen molar-refractivity contribution in [2.24, 2.45) is 0 Å². The van der Waals surface area contributed by atoms with Crippen LogP contribution in [0.3, 0.4) is 0 Å². The van der Waals surface area contributed by atoms with Gasteiger partial charge in [0.15, 0.2) is 0 Å². The van der Waals surface area contributed by atoms with Crippen molar-refractivity contribution in [3.05, 3.63) is 69.2 Å². The molecule has 0 bridgehead atoms. The summed E-state index contributed by atoms with van der Waals surface area (Å²) in [6.45, 7) is 3.49. The molecular formula is C17H18ClNO. The molecule has 3 heteroatoms. The molecule has 1 aliphatic heterocycles. The third-order valence-electron chi connectivity index (χ3n) is 3.83. The van der Waals surface area contributed by atoms with Crippen molar-refractivity contribution in [1.29, 1.82) is 0 Å². The molecule has 0 fully saturated rings. The van der Waals surface area contributed by atoms with Gasteiger partial charge in [0.05, 0.1) is 19.3 Å². The average Bonchev–Trinajstić information content (AvgIpc) is 2.89. The highest BCUT2D eigenvalue weighted by molar-refractivity contribution is 6.31. The van der Waals surface area contributed by atoms with Crippen molar-refractivity contribution in [3.63, 3.8) is 0 Å². The van der Waals surface area contributed by atoms with E-state index in [1.807, 2.05) is 13.1 Å². The number of aryl methyl sites for hydroxylation is 1. The first kappa shape index (κ1) is 13.6. The molecule has 104 valence electrons. The second-order valence-electron chi connectivity index (χ2n) is 5.27. The highest BCUT2D eigenvalue weighted by Gasteiger charge is 2.18. The fourth-order valence-electron chi connectivity index (χ4n) is 2.74. The van der Waals surface area contributed by atoms with E-state index in [0.717, 1.165) is 17.2 Å². The van der Waals surface area contributed by atoms with Crippen molar-refractivity contribution in [2.45, 2.75) is 26.2 Å². The summed E-state index contributed by atoms with van der Waals surface area (Å²) in [5.41, 5.74) is 6.08. The summed E-state index contributed by atoms with van der Waals surface area (Å²) in [6.07, 6.45) is 0. The van der Waals surface area contributed by atoms with Gasteiger partial charge in [-0.25, -0.2) is 0 Å². The van der Waals surface area contributed by atoms with Gasteiger partial charge in [-0.2, -0.15) is 0 Å². The summed E-state index contributed by atoms with van der Waals surface area (Å²) >= 11 is 6.41. The average molecular weight is 288 g/mol. The molecule has 2 nitrogen and oxygen atoms in total. The van der Waals surface area contributed by atoms with Gasteiger partial charge in [-0.05, 0) is 47.9 Å². The van der Waals surface area contributed by atoms with Crippen LogP contribution in [0.4, 0.5) is 0 Å². The summed E-state index contributed by atoms with van der Waals surface area (Å²) in [5, 5.41) is 4.17. The van der Waals surface area contributed by atoms with Crippen molar-refractivity contribution in [1.82, 2.24) is 5.32 Å². The minimum Gasteiger partial charge on any atom is -0.372 e. The Labute approximate surface area is 124 Å². The van der Waals surface area contributed by atoms with Gasteiger partial charge in [0.25, 0.3) is 0 Å². The second-order valence-corrected chi connectivity index (χ2v) is 5.67. The summed E-state index contributed by atoms with van der Waals surface area (Å²) in [5.74, 6) is 0. The number of halogens is 1. The Hall–Kier alpha value is -1.35. The van der Waals surface area contributed by atoms with Crippen LogP contribution in [0.25, 0.3) is 0 Å². The molecule has 0 amide bonds. The third kappa shape index (κ3) is 2.47. The Bertz CT molecular complexity index is 639. The van der Waals surface area contributed by atoms with Crippen LogP contribution in [0.1, 0.15) is 33.9 Å². The van der Waals surface area contributed by atoms with Gasteiger partial charge in [-0.15, -0.1) is 0 Å². The van der Waals surface area contributed by atoms with E-state index >= 15 is 0 Å². The number of benzene rings is 2. The van der Waals surface area contributed by atoms with E-state index in [0.29, 0.717) is 6.61 Å². The van der Waals surface area contributed by atoms with Gasteiger partial charge < -0.3 is 10.1 Å². The van der Waals surface area contributed by atoms with Gasteiger partial charge in [-0.3, -0.25) is 0 Å². The largest absolute Gasteiger partial charge is 0.372 e. The Morgan fingerprint density at radius 3 is 2.65 bits per heavy atom. The highest BCUT2D eigenvalue weighted by Crippen LogP contribution is 2.31. The van der Waals surface area contributed by atoms with E-state index in [2.05, 4.69) is 42.6 Å². The van der Waals surface area contributed by atoms with Crippen LogP contribution in [-0.2, 0) is 18.0 Å². The lowest BCUT2D eigenvalue weighted by Gasteiger charge is -2.19. The van der Waals surface area contributed by atoms with Crippen molar-refractivity contribution >= 4 is 11.6 Å². The zero-order valence-electron chi connectivity index (χ0n) is 11.7. The second kappa shape index (κ2) is 5.57. The maximum absolute atomic E-state index is 6.41. The molecule has 20 heavy (non-hydrogen) atoms. The van der Waals surface area contributed by atoms with Gasteiger partial charge in [-0.1, -0.05) is 41.9 Å². The van der Waals surface area contributed by atoms with Crippen LogP contribution >= 0.6 is 11.6 Å². The Kier molecular flexibility index (Phi) is 3.79. The number of ether oxygens (including phenoxy) is 1. The Balaban J connectivity index is 2.01. The molecule has 0 spiro atoms. The van der Waals surface area contributed by atoms with Crippen LogP contribution in [0, 0.1) is 6.92 Å². The minimum atomic E-state index is 0.106. The molecule has 0 radical (unpaired) electrons. The van der Waals surface area contributed by atoms with E-state index in [4.69, 9.17) is 16.3 Å². The zero-order chi connectivity index (χ0) is 14.1. The fraction of sp³-hybridized carbons (Fsp3) is 0.294. The van der Waals surface area contributed by atoms with Crippen LogP contribution in [0.5, 0.6) is 0 Å². The summed E-state index contributed by atoms with van der Waals surface area (Å²) in [4.78, 5) is 0. The quantitative estimate of drug-likeness (QED) is 0.922. The number of nitrogens with one attached hydrogen (secondary N) is 1. The fourth-order valence-corrected chi connectivity index (χ4v) is 3.08. The molecule has 3 rings (SSSR count). The van der Waals surface area contributed by atoms with Gasteiger partial charge in [0.2, 0.25) is 0 Å². The van der Waals surface area contributed by atoms with Gasteiger partial charge >= 0.3 is 0 Å². The first-order chi connectivity index (χ1) is 9.69. The number of hydrogen-bond donors (Lipinski definition) is 1. The van der Waals surface area contributed by atoms with Crippen molar-refractivity contribution in [3.8, 4) is 0 Å². The van der Waals surface area contributed by atoms with Gasteiger partial charge in [0.1, 0.15) is 0 Å². The Morgan fingerprint density at radius 2 is 1.90 bits per heavy atom. The lowest BCUT2D eigenvalue weighted by atomic mass is 9.95. The standard InChI is InChI=1S/C17H18ClNO/c1-11-3-6-15(16(18)7-11)17(19-2)12-4-5-13-9-20-10-14(13)8-12/h3-8,17,19H,9-10H2,1-2H3. The number of fused-ring (bicyclic) bond motifs is 1. The highest BCUT2D eigenvalue weighted by atomic mass is 35.5. The van der Waals surface area contributed by atoms with E-state index in [1.165, 1.54) is 22.3 Å². The smallest absolute Gasteiger partial charge is 0.0725 e. The van der Waals surface area contributed by atoms with E-state index in [9.17, 15) is 0 Å². The first-order valence-corrected chi connectivity index (χ1v) is 7.19. The van der Waals surface area contributed by atoms with Crippen molar-refractivity contribution in [2.75, 3.05) is 7.05 Å². The van der Waals surface area contributed by atoms with Gasteiger partial charge in [0, 0.05) is 5.02 Å². The molecular weight excluding hydrogens is 270 g/mol. The Morgan fingerprint density at radius 1 is 1.10 bits per heavy atom. The predicted molar refractivity (Wildman–Crippen MR) is 82.0 cm³/mol. The van der Waals surface area contributed by atoms with Crippen molar-refractivity contribution < 1.29 is 4.74 Å². The molecule has 1 aliphatic rings. The molecule has 0 aromatic heterocycles. The summed E-state index contributed by atoms with van der Waals surface area (Å²) < 4.78 is 5.48. The zero-order valence-corrected chi connectivity index (χ0v) is 12.5. The molecule has 1 N–H and O–H groups in total. The normalized spacial score (nSPS) is 15.2. The molecule has 2 aromatic carbocycles. The maximum atomic E-state index is 6.41. The third-order valence-corrected chi connectivity index (χ3v) is 4.16. The summed E-state index contributed by atoms with van der Waals surface area (Å²) in [7, 11) is 1.96. The topological polar surface area (TPSA) is 21.3 Å². The molecule has 0 aliphatic carbocycles. The van der Waals surface area contributed by atoms with E-state index < -0.39 is 0 Å². The first-order valence-electron chi connectivity index (χ1n) is 6.82. The molecule has 1 unspecified atom stereocenters. The summed E-state index contributed by atoms with van der Waals surface area (Å²) in [6, 6.07) is 12.9. The SMILES string of the molecule is CNC(c1ccc2c(c1)COC2)c1ccc(C)cc1Cl. The maximum Gasteiger partial charge on any atom is 0.0725 e. The lowest BCUT2D eigenvalue weighted by molar-refractivity contribution is 0.134. The minimum absolute atomic E-state index is 0.106. The van der Waals surface area contributed by atoms with Crippen LogP contribution in [-0.4, -0.2) is 7.05 Å². The molecule has 2 aromatic rings. The van der Waals surface area contributed by atoms with E-state index in [1.54, 1.807) is 0 Å². The molecule has 1 atom stereocenters. The number of rotatable bonds is 3. The number of hydrogen-bond acceptors (Lipinski definition) is 2. The predicted octanol–water partition coefficient (Wildman–Crippen LogP) is 3.99. The van der Waals surface area contributed by atoms with Crippen LogP contribution in [0.2, 0.25) is 5.02 Å². The molecule has 0 saturated carbocycles. The molecule has 0 saturated heterocycles. The van der Waals surface area contributed by atoms with Crippen LogP contribution in [0.15, 0.2) is 36.4 Å². The van der Waals surface area contributed by atoms with E-state index in [-0.39, 0.29) is 6.04 Å². The monoisotopic (exact) mass is 287 g/mol.